The lowest BCUT2D eigenvalue weighted by molar-refractivity contribution is 0.0917. The number of fused-ring (bicyclic) bond motifs is 2. The molecule has 0 amide bonds. The van der Waals surface area contributed by atoms with Gasteiger partial charge in [-0.05, 0) is 24.1 Å². The smallest absolute Gasteiger partial charge is 0.238 e. The lowest BCUT2D eigenvalue weighted by Gasteiger charge is -2.03. The van der Waals surface area contributed by atoms with E-state index in [9.17, 15) is 4.79 Å². The van der Waals surface area contributed by atoms with E-state index in [0.717, 1.165) is 39.4 Å². The van der Waals surface area contributed by atoms with Crippen LogP contribution in [0.15, 0.2) is 66.4 Å². The second-order valence-corrected chi connectivity index (χ2v) is 7.57. The average Bonchev–Trinajstić information content (AvgIpc) is 3.43. The molecule has 3 aromatic heterocycles. The fourth-order valence-electron chi connectivity index (χ4n) is 3.40. The second kappa shape index (κ2) is 6.73. The van der Waals surface area contributed by atoms with Crippen LogP contribution in [0.2, 0.25) is 0 Å². The van der Waals surface area contributed by atoms with Crippen molar-refractivity contribution < 1.29 is 4.79 Å². The molecule has 2 aromatic carbocycles. The fourth-order valence-corrected chi connectivity index (χ4v) is 4.28. The second-order valence-electron chi connectivity index (χ2n) is 6.73. The van der Waals surface area contributed by atoms with Gasteiger partial charge in [0.2, 0.25) is 5.91 Å². The molecule has 0 aliphatic heterocycles. The minimum absolute atomic E-state index is 0.00375. The summed E-state index contributed by atoms with van der Waals surface area (Å²) < 4.78 is 3.64. The van der Waals surface area contributed by atoms with Gasteiger partial charge < -0.3 is 0 Å². The first-order chi connectivity index (χ1) is 13.7. The zero-order chi connectivity index (χ0) is 19.1. The van der Waals surface area contributed by atoms with Crippen molar-refractivity contribution in [3.63, 3.8) is 0 Å². The molecule has 0 saturated heterocycles. The quantitative estimate of drug-likeness (QED) is 0.443. The van der Waals surface area contributed by atoms with Crippen LogP contribution in [0.4, 0.5) is 0 Å². The summed E-state index contributed by atoms with van der Waals surface area (Å²) in [6.07, 6.45) is 4.94. The summed E-state index contributed by atoms with van der Waals surface area (Å²) in [4.78, 5) is 22.8. The fraction of sp³-hybridized carbons (Fsp3) is 0.136. The molecule has 0 aliphatic rings. The number of hydrogen-bond donors (Lipinski definition) is 0. The number of rotatable bonds is 4. The number of aryl methyl sites for hydroxylation is 1. The molecular formula is C22H18N4OS. The molecule has 0 bridgehead atoms. The van der Waals surface area contributed by atoms with Crippen LogP contribution < -0.4 is 0 Å². The maximum atomic E-state index is 12.9. The van der Waals surface area contributed by atoms with E-state index in [0.29, 0.717) is 6.42 Å². The van der Waals surface area contributed by atoms with Crippen molar-refractivity contribution in [1.29, 1.82) is 0 Å². The van der Waals surface area contributed by atoms with Gasteiger partial charge in [0.25, 0.3) is 0 Å². The number of carbonyl (C=O) groups is 1. The molecule has 28 heavy (non-hydrogen) atoms. The summed E-state index contributed by atoms with van der Waals surface area (Å²) in [5, 5.41) is 2.00. The lowest BCUT2D eigenvalue weighted by atomic mass is 10.1. The van der Waals surface area contributed by atoms with Gasteiger partial charge in [0.1, 0.15) is 6.33 Å². The van der Waals surface area contributed by atoms with E-state index in [2.05, 4.69) is 36.2 Å². The molecule has 0 atom stereocenters. The Balaban J connectivity index is 1.46. The van der Waals surface area contributed by atoms with Crippen LogP contribution in [0.1, 0.15) is 23.0 Å². The van der Waals surface area contributed by atoms with Crippen molar-refractivity contribution in [3.8, 4) is 11.3 Å². The van der Waals surface area contributed by atoms with Gasteiger partial charge in [-0.15, -0.1) is 11.3 Å². The number of nitrogens with zero attached hydrogens (tertiary/aromatic N) is 4. The largest absolute Gasteiger partial charge is 0.294 e. The maximum absolute atomic E-state index is 12.9. The van der Waals surface area contributed by atoms with E-state index in [1.807, 2.05) is 40.2 Å². The molecule has 0 saturated carbocycles. The number of benzene rings is 2. The van der Waals surface area contributed by atoms with E-state index in [1.165, 1.54) is 5.56 Å². The minimum Gasteiger partial charge on any atom is -0.294 e. The Morgan fingerprint density at radius 3 is 2.75 bits per heavy atom. The number of aromatic nitrogens is 4. The Morgan fingerprint density at radius 1 is 1.11 bits per heavy atom. The monoisotopic (exact) mass is 386 g/mol. The highest BCUT2D eigenvalue weighted by atomic mass is 32.1. The number of carbonyl (C=O) groups excluding carboxylic acids is 1. The minimum atomic E-state index is -0.00375. The molecule has 6 heteroatoms. The third kappa shape index (κ3) is 2.82. The first-order valence-electron chi connectivity index (χ1n) is 9.23. The molecule has 0 N–H and O–H groups in total. The zero-order valence-corrected chi connectivity index (χ0v) is 16.2. The lowest BCUT2D eigenvalue weighted by Crippen LogP contribution is -2.13. The Morgan fingerprint density at radius 2 is 1.93 bits per heavy atom. The first-order valence-corrected chi connectivity index (χ1v) is 10.1. The topological polar surface area (TPSA) is 52.2 Å². The molecule has 138 valence electrons. The third-order valence-corrected chi connectivity index (χ3v) is 5.88. The number of thiazole rings is 1. The third-order valence-electron chi connectivity index (χ3n) is 5.00. The molecule has 0 unspecified atom stereocenters. The predicted octanol–water partition coefficient (Wildman–Crippen LogP) is 4.86. The first kappa shape index (κ1) is 16.9. The highest BCUT2D eigenvalue weighted by Crippen LogP contribution is 2.25. The molecule has 5 nitrogen and oxygen atoms in total. The van der Waals surface area contributed by atoms with Crippen molar-refractivity contribution in [2.75, 3.05) is 0 Å². The van der Waals surface area contributed by atoms with Crippen molar-refractivity contribution >= 4 is 33.2 Å². The van der Waals surface area contributed by atoms with Crippen LogP contribution in [0.5, 0.6) is 0 Å². The predicted molar refractivity (Wildman–Crippen MR) is 112 cm³/mol. The summed E-state index contributed by atoms with van der Waals surface area (Å²) in [7, 11) is 0. The summed E-state index contributed by atoms with van der Waals surface area (Å²) in [6, 6.07) is 16.2. The molecule has 5 aromatic rings. The molecule has 5 rings (SSSR count). The van der Waals surface area contributed by atoms with Gasteiger partial charge in [-0.2, -0.15) is 0 Å². The van der Waals surface area contributed by atoms with Crippen LogP contribution >= 0.6 is 11.3 Å². The van der Waals surface area contributed by atoms with Gasteiger partial charge in [-0.1, -0.05) is 43.3 Å². The van der Waals surface area contributed by atoms with Crippen LogP contribution in [-0.4, -0.2) is 24.8 Å². The average molecular weight is 386 g/mol. The summed E-state index contributed by atoms with van der Waals surface area (Å²) in [5.41, 5.74) is 5.92. The Bertz CT molecular complexity index is 1290. The normalized spacial score (nSPS) is 11.5. The highest BCUT2D eigenvalue weighted by Gasteiger charge is 2.15. The summed E-state index contributed by atoms with van der Waals surface area (Å²) in [6.45, 7) is 2.15. The zero-order valence-electron chi connectivity index (χ0n) is 15.4. The van der Waals surface area contributed by atoms with Crippen LogP contribution in [0.3, 0.4) is 0 Å². The molecular weight excluding hydrogens is 368 g/mol. The molecule has 0 fully saturated rings. The van der Waals surface area contributed by atoms with E-state index >= 15 is 0 Å². The number of para-hydroxylation sites is 2. The van der Waals surface area contributed by atoms with Crippen molar-refractivity contribution in [3.05, 3.63) is 77.7 Å². The Kier molecular flexibility index (Phi) is 4.06. The van der Waals surface area contributed by atoms with Gasteiger partial charge in [0, 0.05) is 22.8 Å². The van der Waals surface area contributed by atoms with E-state index < -0.39 is 0 Å². The van der Waals surface area contributed by atoms with Gasteiger partial charge in [-0.25, -0.2) is 9.97 Å². The summed E-state index contributed by atoms with van der Waals surface area (Å²) in [5.74, 6) is -0.00375. The van der Waals surface area contributed by atoms with Crippen LogP contribution in [-0.2, 0) is 12.8 Å². The SMILES string of the molecule is CCc1ccc(-c2cn3c(CC(=O)n4cnc5ccccc54)csc3n2)cc1. The van der Waals surface area contributed by atoms with Crippen molar-refractivity contribution in [1.82, 2.24) is 18.9 Å². The van der Waals surface area contributed by atoms with Crippen LogP contribution in [0.25, 0.3) is 27.3 Å². The van der Waals surface area contributed by atoms with E-state index in [1.54, 1.807) is 22.2 Å². The summed E-state index contributed by atoms with van der Waals surface area (Å²) >= 11 is 1.55. The van der Waals surface area contributed by atoms with Gasteiger partial charge >= 0.3 is 0 Å². The molecule has 3 heterocycles. The molecule has 0 spiro atoms. The molecule has 0 radical (unpaired) electrons. The van der Waals surface area contributed by atoms with Gasteiger partial charge in [0.05, 0.1) is 23.1 Å². The van der Waals surface area contributed by atoms with Crippen molar-refractivity contribution in [2.24, 2.45) is 0 Å². The number of hydrogen-bond acceptors (Lipinski definition) is 4. The van der Waals surface area contributed by atoms with E-state index in [-0.39, 0.29) is 5.91 Å². The van der Waals surface area contributed by atoms with E-state index in [4.69, 9.17) is 4.98 Å². The Hall–Kier alpha value is -3.25. The standard InChI is InChI=1S/C22H18N4OS/c1-2-15-7-9-16(10-8-15)19-12-25-17(13-28-22(25)24-19)11-21(27)26-14-23-18-5-3-4-6-20(18)26/h3-10,12-14H,2,11H2,1H3. The number of imidazole rings is 2. The Labute approximate surface area is 165 Å². The molecule has 0 aliphatic carbocycles. The van der Waals surface area contributed by atoms with Crippen molar-refractivity contribution in [2.45, 2.75) is 19.8 Å². The van der Waals surface area contributed by atoms with Gasteiger partial charge in [-0.3, -0.25) is 13.8 Å². The van der Waals surface area contributed by atoms with Gasteiger partial charge in [0.15, 0.2) is 4.96 Å². The highest BCUT2D eigenvalue weighted by molar-refractivity contribution is 7.15. The maximum Gasteiger partial charge on any atom is 0.238 e. The van der Waals surface area contributed by atoms with Crippen LogP contribution in [0, 0.1) is 0 Å².